The molecular formula is C23H20BrClN2O4. The summed E-state index contributed by atoms with van der Waals surface area (Å²) in [5.41, 5.74) is 5.23. The fourth-order valence-electron chi connectivity index (χ4n) is 3.78. The number of benzene rings is 2. The largest absolute Gasteiger partial charge is 1.00 e. The highest BCUT2D eigenvalue weighted by Crippen LogP contribution is 2.44. The highest BCUT2D eigenvalue weighted by molar-refractivity contribution is 9.10. The fourth-order valence-corrected chi connectivity index (χ4v) is 4.03. The van der Waals surface area contributed by atoms with Gasteiger partial charge in [-0.25, -0.2) is 14.6 Å². The molecule has 1 atom stereocenters. The van der Waals surface area contributed by atoms with Crippen molar-refractivity contribution in [3.63, 3.8) is 0 Å². The average molecular weight is 504 g/mol. The number of amides is 1. The van der Waals surface area contributed by atoms with Crippen molar-refractivity contribution in [2.75, 3.05) is 6.61 Å². The van der Waals surface area contributed by atoms with Gasteiger partial charge in [0.25, 0.3) is 0 Å². The van der Waals surface area contributed by atoms with Crippen LogP contribution in [0.5, 0.6) is 0 Å². The van der Waals surface area contributed by atoms with E-state index in [9.17, 15) is 14.7 Å². The molecule has 0 aliphatic heterocycles. The Balaban J connectivity index is 0.00000272. The number of alkyl carbamates (subject to hydrolysis) is 1. The van der Waals surface area contributed by atoms with Gasteiger partial charge in [-0.05, 0) is 28.3 Å². The summed E-state index contributed by atoms with van der Waals surface area (Å²) in [6, 6.07) is 18.6. The summed E-state index contributed by atoms with van der Waals surface area (Å²) in [4.78, 5) is 26.9. The number of ether oxygens (including phenoxy) is 1. The summed E-state index contributed by atoms with van der Waals surface area (Å²) in [6.07, 6.45) is 1.09. The van der Waals surface area contributed by atoms with Crippen LogP contribution in [-0.2, 0) is 16.0 Å². The van der Waals surface area contributed by atoms with E-state index >= 15 is 0 Å². The smallest absolute Gasteiger partial charge is 0.407 e. The molecule has 4 rings (SSSR count). The van der Waals surface area contributed by atoms with Crippen molar-refractivity contribution in [2.24, 2.45) is 0 Å². The van der Waals surface area contributed by atoms with Crippen molar-refractivity contribution < 1.29 is 36.8 Å². The topological polar surface area (TPSA) is 89.8 Å². The molecule has 0 spiro atoms. The first-order valence-electron chi connectivity index (χ1n) is 9.53. The van der Waals surface area contributed by atoms with E-state index in [1.54, 1.807) is 18.3 Å². The summed E-state index contributed by atoms with van der Waals surface area (Å²) >= 11 is 3.30. The molecule has 0 saturated heterocycles. The molecule has 1 aliphatic rings. The highest BCUT2D eigenvalue weighted by atomic mass is 79.9. The lowest BCUT2D eigenvalue weighted by Gasteiger charge is -2.17. The number of hydrogen-bond donors (Lipinski definition) is 2. The molecule has 8 heteroatoms. The van der Waals surface area contributed by atoms with Crippen molar-refractivity contribution in [1.82, 2.24) is 5.32 Å². The van der Waals surface area contributed by atoms with Crippen LogP contribution in [0.25, 0.3) is 11.1 Å². The number of pyridine rings is 1. The normalized spacial score (nSPS) is 12.8. The van der Waals surface area contributed by atoms with Crippen LogP contribution in [0, 0.1) is 0 Å². The lowest BCUT2D eigenvalue weighted by molar-refractivity contribution is -0.393. The molecule has 0 unspecified atom stereocenters. The second kappa shape index (κ2) is 9.94. The summed E-state index contributed by atoms with van der Waals surface area (Å²) in [5, 5.41) is 12.0. The van der Waals surface area contributed by atoms with Gasteiger partial charge in [-0.2, -0.15) is 0 Å². The number of hydrogen-bond acceptors (Lipinski definition) is 3. The van der Waals surface area contributed by atoms with Gasteiger partial charge in [-0.15, -0.1) is 0 Å². The summed E-state index contributed by atoms with van der Waals surface area (Å²) in [6.45, 7) is 0.137. The monoisotopic (exact) mass is 502 g/mol. The van der Waals surface area contributed by atoms with Gasteiger partial charge in [0.05, 0.1) is 0 Å². The third kappa shape index (κ3) is 5.06. The number of aliphatic carboxylic acids is 1. The number of nitrogens with one attached hydrogen (secondary N) is 2. The molecule has 0 fully saturated rings. The summed E-state index contributed by atoms with van der Waals surface area (Å²) < 4.78 is 6.23. The SMILES string of the molecule is O=C(N[C@@H](Cc1ccc(Br)[nH+]c1)C(=O)O)OCC1c2ccccc2-c2ccccc21.[Cl-]. The van der Waals surface area contributed by atoms with Crippen LogP contribution >= 0.6 is 15.9 Å². The second-order valence-electron chi connectivity index (χ2n) is 7.11. The van der Waals surface area contributed by atoms with Crippen LogP contribution in [0.3, 0.4) is 0 Å². The first-order valence-corrected chi connectivity index (χ1v) is 10.3. The number of aromatic nitrogens is 1. The zero-order chi connectivity index (χ0) is 21.1. The molecule has 1 aliphatic carbocycles. The molecular weight excluding hydrogens is 484 g/mol. The van der Waals surface area contributed by atoms with Crippen LogP contribution in [0.4, 0.5) is 4.79 Å². The molecule has 3 aromatic rings. The van der Waals surface area contributed by atoms with Crippen LogP contribution in [0.1, 0.15) is 22.6 Å². The Bertz CT molecular complexity index is 1050. The molecule has 2 aromatic carbocycles. The number of H-pyrrole nitrogens is 1. The summed E-state index contributed by atoms with van der Waals surface area (Å²) in [7, 11) is 0. The zero-order valence-electron chi connectivity index (χ0n) is 16.3. The minimum atomic E-state index is -1.12. The number of aromatic amines is 1. The average Bonchev–Trinajstić information content (AvgIpc) is 3.07. The molecule has 3 N–H and O–H groups in total. The number of fused-ring (bicyclic) bond motifs is 3. The van der Waals surface area contributed by atoms with E-state index in [1.165, 1.54) is 0 Å². The molecule has 1 amide bonds. The Morgan fingerprint density at radius 2 is 1.65 bits per heavy atom. The molecule has 1 aromatic heterocycles. The van der Waals surface area contributed by atoms with Gasteiger partial charge < -0.3 is 27.6 Å². The van der Waals surface area contributed by atoms with Crippen molar-refractivity contribution in [3.8, 4) is 11.1 Å². The van der Waals surface area contributed by atoms with Gasteiger partial charge in [-0.3, -0.25) is 0 Å². The van der Waals surface area contributed by atoms with Crippen molar-refractivity contribution >= 4 is 28.0 Å². The maximum absolute atomic E-state index is 12.4. The van der Waals surface area contributed by atoms with E-state index in [0.29, 0.717) is 0 Å². The van der Waals surface area contributed by atoms with Crippen LogP contribution in [-0.4, -0.2) is 29.8 Å². The number of carbonyl (C=O) groups is 2. The van der Waals surface area contributed by atoms with Gasteiger partial charge in [-0.1, -0.05) is 48.5 Å². The zero-order valence-corrected chi connectivity index (χ0v) is 18.7. The fraction of sp³-hybridized carbons (Fsp3) is 0.174. The standard InChI is InChI=1S/C23H19BrN2O4.ClH/c24-21-10-9-14(12-25-21)11-20(22(27)28)26-23(29)30-13-19-17-7-3-1-5-15(17)16-6-2-4-8-18(16)19;/h1-10,12,19-20H,11,13H2,(H,26,29)(H,27,28);1H/t20-;/m0./s1. The number of rotatable bonds is 6. The first kappa shape index (κ1) is 22.8. The van der Waals surface area contributed by atoms with Crippen molar-refractivity contribution in [1.29, 1.82) is 0 Å². The minimum Gasteiger partial charge on any atom is -1.00 e. The van der Waals surface area contributed by atoms with Crippen LogP contribution < -0.4 is 22.7 Å². The quantitative estimate of drug-likeness (QED) is 0.487. The number of carboxylic acids is 1. The van der Waals surface area contributed by atoms with Gasteiger partial charge in [0.2, 0.25) is 4.60 Å². The Kier molecular flexibility index (Phi) is 7.30. The van der Waals surface area contributed by atoms with Crippen molar-refractivity contribution in [3.05, 3.63) is 88.2 Å². The van der Waals surface area contributed by atoms with Crippen LogP contribution in [0.2, 0.25) is 0 Å². The number of carboxylic acid groups (broad SMARTS) is 1. The predicted molar refractivity (Wildman–Crippen MR) is 114 cm³/mol. The van der Waals surface area contributed by atoms with Gasteiger partial charge in [0.15, 0.2) is 6.20 Å². The van der Waals surface area contributed by atoms with E-state index in [2.05, 4.69) is 38.4 Å². The van der Waals surface area contributed by atoms with Gasteiger partial charge in [0.1, 0.15) is 12.6 Å². The van der Waals surface area contributed by atoms with E-state index < -0.39 is 18.1 Å². The maximum atomic E-state index is 12.4. The van der Waals surface area contributed by atoms with E-state index in [4.69, 9.17) is 4.74 Å². The summed E-state index contributed by atoms with van der Waals surface area (Å²) in [5.74, 6) is -1.20. The lowest BCUT2D eigenvalue weighted by Crippen LogP contribution is -3.00. The predicted octanol–water partition coefficient (Wildman–Crippen LogP) is 0.802. The van der Waals surface area contributed by atoms with Gasteiger partial charge in [0, 0.05) is 39.9 Å². The molecule has 6 nitrogen and oxygen atoms in total. The molecule has 0 bridgehead atoms. The third-order valence-electron chi connectivity index (χ3n) is 5.21. The molecule has 0 saturated carbocycles. The van der Waals surface area contributed by atoms with Crippen LogP contribution in [0.15, 0.2) is 71.5 Å². The maximum Gasteiger partial charge on any atom is 0.407 e. The van der Waals surface area contributed by atoms with Crippen molar-refractivity contribution in [2.45, 2.75) is 18.4 Å². The number of halogens is 2. The Hall–Kier alpha value is -2.90. The Morgan fingerprint density at radius 1 is 1.03 bits per heavy atom. The first-order chi connectivity index (χ1) is 14.5. The third-order valence-corrected chi connectivity index (χ3v) is 5.71. The Labute approximate surface area is 194 Å². The van der Waals surface area contributed by atoms with Gasteiger partial charge >= 0.3 is 12.1 Å². The molecule has 0 radical (unpaired) electrons. The van der Waals surface area contributed by atoms with E-state index in [0.717, 1.165) is 32.4 Å². The second-order valence-corrected chi connectivity index (χ2v) is 7.96. The lowest BCUT2D eigenvalue weighted by atomic mass is 9.98. The van der Waals surface area contributed by atoms with E-state index in [-0.39, 0.29) is 31.4 Å². The minimum absolute atomic E-state index is 0. The Morgan fingerprint density at radius 3 is 2.19 bits per heavy atom. The molecule has 1 heterocycles. The highest BCUT2D eigenvalue weighted by Gasteiger charge is 2.29. The number of carbonyl (C=O) groups excluding carboxylic acids is 1. The molecule has 31 heavy (non-hydrogen) atoms. The van der Waals surface area contributed by atoms with E-state index in [1.807, 2.05) is 36.4 Å². The molecule has 160 valence electrons.